The first-order chi connectivity index (χ1) is 18.5. The topological polar surface area (TPSA) is 105 Å². The summed E-state index contributed by atoms with van der Waals surface area (Å²) in [5, 5.41) is 2.99. The van der Waals surface area contributed by atoms with Crippen LogP contribution in [0.15, 0.2) is 54.6 Å². The third-order valence-corrected chi connectivity index (χ3v) is 6.86. The number of rotatable bonds is 6. The Bertz CT molecular complexity index is 1420. The smallest absolute Gasteiger partial charge is 0.255 e. The predicted molar refractivity (Wildman–Crippen MR) is 137 cm³/mol. The molecule has 3 aliphatic heterocycles. The monoisotopic (exact) mass is 518 g/mol. The van der Waals surface area contributed by atoms with Crippen LogP contribution in [0.1, 0.15) is 12.0 Å². The highest BCUT2D eigenvalue weighted by Gasteiger charge is 2.59. The number of fused-ring (bicyclic) bond motifs is 2. The van der Waals surface area contributed by atoms with Gasteiger partial charge >= 0.3 is 0 Å². The highest BCUT2D eigenvalue weighted by atomic mass is 16.6. The maximum atomic E-state index is 14.2. The van der Waals surface area contributed by atoms with Crippen LogP contribution in [0.4, 0.5) is 11.4 Å². The van der Waals surface area contributed by atoms with Crippen molar-refractivity contribution < 1.29 is 38.0 Å². The second kappa shape index (κ2) is 9.37. The van der Waals surface area contributed by atoms with Gasteiger partial charge in [-0.3, -0.25) is 14.5 Å². The first-order valence-corrected chi connectivity index (χ1v) is 12.2. The van der Waals surface area contributed by atoms with Crippen LogP contribution in [-0.2, 0) is 15.1 Å². The lowest BCUT2D eigenvalue weighted by molar-refractivity contribution is -0.137. The number of anilines is 2. The molecule has 1 N–H and O–H groups in total. The molecular weight excluding hydrogens is 492 g/mol. The van der Waals surface area contributed by atoms with E-state index in [-0.39, 0.29) is 12.3 Å². The molecule has 1 atom stereocenters. The highest BCUT2D eigenvalue weighted by molar-refractivity contribution is 6.17. The van der Waals surface area contributed by atoms with Crippen molar-refractivity contribution in [2.75, 3.05) is 50.9 Å². The van der Waals surface area contributed by atoms with E-state index in [4.69, 9.17) is 28.4 Å². The van der Waals surface area contributed by atoms with E-state index in [9.17, 15) is 9.59 Å². The van der Waals surface area contributed by atoms with E-state index in [2.05, 4.69) is 5.32 Å². The molecule has 2 amide bonds. The standard InChI is InChI=1S/C28H26N2O8/c1-33-20-6-3-17(13-23(20)34-2)28(27(32)29-18-4-7-21-24(14-18)37-11-9-35-21)16-26(31)30(28)19-5-8-22-25(15-19)38-12-10-36-22/h3-8,13-15H,9-12,16H2,1-2H3,(H,29,32). The molecule has 3 aromatic rings. The quantitative estimate of drug-likeness (QED) is 0.495. The number of methoxy groups -OCH3 is 2. The molecule has 0 radical (unpaired) electrons. The zero-order valence-electron chi connectivity index (χ0n) is 20.9. The molecule has 0 spiro atoms. The van der Waals surface area contributed by atoms with Crippen LogP contribution >= 0.6 is 0 Å². The van der Waals surface area contributed by atoms with E-state index in [1.165, 1.54) is 19.1 Å². The van der Waals surface area contributed by atoms with Crippen LogP contribution in [0, 0.1) is 0 Å². The van der Waals surface area contributed by atoms with Gasteiger partial charge in [0.05, 0.1) is 20.6 Å². The number of carbonyl (C=O) groups is 2. The molecule has 3 aromatic carbocycles. The number of nitrogens with zero attached hydrogens (tertiary/aromatic N) is 1. The molecule has 1 unspecified atom stereocenters. The molecule has 0 saturated carbocycles. The highest BCUT2D eigenvalue weighted by Crippen LogP contribution is 2.49. The van der Waals surface area contributed by atoms with Crippen LogP contribution in [0.25, 0.3) is 0 Å². The average molecular weight is 519 g/mol. The van der Waals surface area contributed by atoms with Crippen molar-refractivity contribution in [2.24, 2.45) is 0 Å². The lowest BCUT2D eigenvalue weighted by Gasteiger charge is -2.50. The molecule has 196 valence electrons. The zero-order valence-corrected chi connectivity index (χ0v) is 20.9. The number of hydrogen-bond acceptors (Lipinski definition) is 8. The van der Waals surface area contributed by atoms with Gasteiger partial charge in [0, 0.05) is 23.5 Å². The van der Waals surface area contributed by atoms with Crippen LogP contribution in [0.3, 0.4) is 0 Å². The van der Waals surface area contributed by atoms with E-state index < -0.39 is 11.4 Å². The summed E-state index contributed by atoms with van der Waals surface area (Å²) in [4.78, 5) is 28.8. The van der Waals surface area contributed by atoms with Crippen LogP contribution in [0.2, 0.25) is 0 Å². The van der Waals surface area contributed by atoms with Crippen LogP contribution in [0.5, 0.6) is 34.5 Å². The summed E-state index contributed by atoms with van der Waals surface area (Å²) in [7, 11) is 3.06. The van der Waals surface area contributed by atoms with Crippen molar-refractivity contribution in [2.45, 2.75) is 12.0 Å². The van der Waals surface area contributed by atoms with Gasteiger partial charge in [-0.05, 0) is 42.0 Å². The fourth-order valence-electron chi connectivity index (χ4n) is 5.03. The van der Waals surface area contributed by atoms with Crippen LogP contribution in [-0.4, -0.2) is 52.5 Å². The zero-order chi connectivity index (χ0) is 26.3. The summed E-state index contributed by atoms with van der Waals surface area (Å²) in [6, 6.07) is 15.6. The molecule has 1 saturated heterocycles. The number of ether oxygens (including phenoxy) is 6. The Morgan fingerprint density at radius 2 is 1.42 bits per heavy atom. The van der Waals surface area contributed by atoms with E-state index >= 15 is 0 Å². The molecule has 0 aromatic heterocycles. The fraction of sp³-hybridized carbons (Fsp3) is 0.286. The van der Waals surface area contributed by atoms with Gasteiger partial charge in [0.25, 0.3) is 5.91 Å². The van der Waals surface area contributed by atoms with E-state index in [1.807, 2.05) is 0 Å². The van der Waals surface area contributed by atoms with Crippen molar-refractivity contribution in [3.63, 3.8) is 0 Å². The van der Waals surface area contributed by atoms with Gasteiger partial charge in [-0.1, -0.05) is 6.07 Å². The van der Waals surface area contributed by atoms with Crippen molar-refractivity contribution in [1.82, 2.24) is 0 Å². The summed E-state index contributed by atoms with van der Waals surface area (Å²) < 4.78 is 33.6. The van der Waals surface area contributed by atoms with Crippen molar-refractivity contribution >= 4 is 23.2 Å². The number of hydrogen-bond donors (Lipinski definition) is 1. The summed E-state index contributed by atoms with van der Waals surface area (Å²) in [5.41, 5.74) is 0.228. The molecule has 0 aliphatic carbocycles. The molecule has 0 bridgehead atoms. The third kappa shape index (κ3) is 3.80. The molecular formula is C28H26N2O8. The first kappa shape index (κ1) is 23.8. The van der Waals surface area contributed by atoms with Gasteiger partial charge in [0.1, 0.15) is 26.4 Å². The lowest BCUT2D eigenvalue weighted by atomic mass is 9.75. The average Bonchev–Trinajstić information content (AvgIpc) is 2.95. The molecule has 10 heteroatoms. The summed E-state index contributed by atoms with van der Waals surface area (Å²) in [6.45, 7) is 1.73. The number of benzene rings is 3. The Morgan fingerprint density at radius 3 is 2.08 bits per heavy atom. The molecule has 6 rings (SSSR count). The van der Waals surface area contributed by atoms with Crippen molar-refractivity contribution in [1.29, 1.82) is 0 Å². The largest absolute Gasteiger partial charge is 0.493 e. The number of amides is 2. The lowest BCUT2D eigenvalue weighted by Crippen LogP contribution is -2.67. The minimum Gasteiger partial charge on any atom is -0.493 e. The van der Waals surface area contributed by atoms with Crippen LogP contribution < -0.4 is 38.6 Å². The van der Waals surface area contributed by atoms with E-state index in [0.29, 0.717) is 77.9 Å². The minimum absolute atomic E-state index is 0.0483. The molecule has 10 nitrogen and oxygen atoms in total. The Morgan fingerprint density at radius 1 is 0.789 bits per heavy atom. The van der Waals surface area contributed by atoms with Gasteiger partial charge in [0.15, 0.2) is 40.0 Å². The maximum absolute atomic E-state index is 14.2. The normalized spacial score (nSPS) is 19.3. The maximum Gasteiger partial charge on any atom is 0.255 e. The number of carbonyl (C=O) groups excluding carboxylic acids is 2. The van der Waals surface area contributed by atoms with E-state index in [0.717, 1.165) is 0 Å². The summed E-state index contributed by atoms with van der Waals surface area (Å²) >= 11 is 0. The fourth-order valence-corrected chi connectivity index (χ4v) is 5.03. The Kier molecular flexibility index (Phi) is 5.86. The molecule has 3 aliphatic rings. The minimum atomic E-state index is -1.37. The van der Waals surface area contributed by atoms with Gasteiger partial charge < -0.3 is 33.7 Å². The van der Waals surface area contributed by atoms with Crippen molar-refractivity contribution in [3.8, 4) is 34.5 Å². The Hall–Kier alpha value is -4.60. The third-order valence-electron chi connectivity index (χ3n) is 6.86. The van der Waals surface area contributed by atoms with Crippen molar-refractivity contribution in [3.05, 3.63) is 60.2 Å². The van der Waals surface area contributed by atoms with Gasteiger partial charge in [0.2, 0.25) is 5.91 Å². The van der Waals surface area contributed by atoms with Gasteiger partial charge in [-0.25, -0.2) is 0 Å². The SMILES string of the molecule is COc1ccc(C2(C(=O)Nc3ccc4c(c3)OCCO4)CC(=O)N2c2ccc3c(c2)OCCO3)cc1OC. The Labute approximate surface area is 218 Å². The molecule has 3 heterocycles. The number of nitrogens with one attached hydrogen (secondary N) is 1. The number of β-lactam (4-membered cyclic amide) rings is 1. The Balaban J connectivity index is 1.43. The summed E-state index contributed by atoms with van der Waals surface area (Å²) in [5.74, 6) is 2.60. The van der Waals surface area contributed by atoms with Gasteiger partial charge in [-0.2, -0.15) is 0 Å². The molecule has 38 heavy (non-hydrogen) atoms. The second-order valence-electron chi connectivity index (χ2n) is 8.98. The van der Waals surface area contributed by atoms with E-state index in [1.54, 1.807) is 54.6 Å². The predicted octanol–water partition coefficient (Wildman–Crippen LogP) is 3.52. The summed E-state index contributed by atoms with van der Waals surface area (Å²) in [6.07, 6.45) is -0.0483. The first-order valence-electron chi connectivity index (χ1n) is 12.2. The van der Waals surface area contributed by atoms with Gasteiger partial charge in [-0.15, -0.1) is 0 Å². The molecule has 1 fully saturated rings. The second-order valence-corrected chi connectivity index (χ2v) is 8.98.